The van der Waals surface area contributed by atoms with Crippen LogP contribution in [0.25, 0.3) is 0 Å². The summed E-state index contributed by atoms with van der Waals surface area (Å²) in [5.41, 5.74) is 1.52. The minimum absolute atomic E-state index is 0.315. The molecule has 0 nitrogen and oxygen atoms in total. The quantitative estimate of drug-likeness (QED) is 0.688. The van der Waals surface area contributed by atoms with Crippen LogP contribution in [-0.4, -0.2) is 0 Å². The monoisotopic (exact) mass is 268 g/mol. The average molecular weight is 269 g/mol. The van der Waals surface area contributed by atoms with Crippen molar-refractivity contribution in [1.29, 1.82) is 0 Å². The first kappa shape index (κ1) is 12.4. The van der Waals surface area contributed by atoms with Crippen molar-refractivity contribution in [2.45, 2.75) is 11.8 Å². The van der Waals surface area contributed by atoms with Crippen LogP contribution in [0, 0.1) is 5.82 Å². The molecule has 0 amide bonds. The third kappa shape index (κ3) is 3.21. The molecule has 0 saturated carbocycles. The summed E-state index contributed by atoms with van der Waals surface area (Å²) in [7, 11) is 0. The zero-order valence-corrected chi connectivity index (χ0v) is 10.5. The number of rotatable bonds is 3. The zero-order valence-electron chi connectivity index (χ0n) is 9.04. The first-order chi connectivity index (χ1) is 8.16. The largest absolute Gasteiger partial charge is 0.207 e. The maximum atomic E-state index is 13.6. The fourth-order valence-corrected chi connectivity index (χ4v) is 2.21. The van der Waals surface area contributed by atoms with Crippen molar-refractivity contribution in [2.24, 2.45) is 0 Å². The Balaban J connectivity index is 2.20. The average Bonchev–Trinajstić information content (AvgIpc) is 2.33. The van der Waals surface area contributed by atoms with Gasteiger partial charge in [-0.15, -0.1) is 11.6 Å². The Kier molecular flexibility index (Phi) is 4.03. The molecule has 2 rings (SSSR count). The molecule has 2 aromatic rings. The summed E-state index contributed by atoms with van der Waals surface area (Å²) in [6.45, 7) is 0. The van der Waals surface area contributed by atoms with Crippen molar-refractivity contribution in [3.63, 3.8) is 0 Å². The smallest absolute Gasteiger partial charge is 0.128 e. The second-order valence-corrected chi connectivity index (χ2v) is 4.79. The Morgan fingerprint density at radius 2 is 1.76 bits per heavy atom. The molecule has 0 bridgehead atoms. The molecule has 0 spiro atoms. The maximum absolute atomic E-state index is 13.6. The molecule has 0 aliphatic rings. The van der Waals surface area contributed by atoms with Gasteiger partial charge in [0.05, 0.1) is 5.38 Å². The highest BCUT2D eigenvalue weighted by atomic mass is 35.5. The Labute approximate surface area is 110 Å². The van der Waals surface area contributed by atoms with Gasteiger partial charge in [0.15, 0.2) is 0 Å². The molecule has 17 heavy (non-hydrogen) atoms. The molecule has 3 heteroatoms. The predicted molar refractivity (Wildman–Crippen MR) is 70.2 cm³/mol. The number of hydrogen-bond acceptors (Lipinski definition) is 0. The van der Waals surface area contributed by atoms with E-state index >= 15 is 0 Å². The summed E-state index contributed by atoms with van der Waals surface area (Å²) >= 11 is 12.1. The van der Waals surface area contributed by atoms with Gasteiger partial charge in [0.2, 0.25) is 0 Å². The fourth-order valence-electron chi connectivity index (χ4n) is 1.69. The van der Waals surface area contributed by atoms with E-state index in [4.69, 9.17) is 23.2 Å². The van der Waals surface area contributed by atoms with Gasteiger partial charge in [-0.2, -0.15) is 0 Å². The molecule has 1 unspecified atom stereocenters. The van der Waals surface area contributed by atoms with Crippen molar-refractivity contribution in [3.8, 4) is 0 Å². The van der Waals surface area contributed by atoms with Gasteiger partial charge in [-0.3, -0.25) is 0 Å². The van der Waals surface area contributed by atoms with Gasteiger partial charge >= 0.3 is 0 Å². The Bertz CT molecular complexity index is 497. The third-order valence-electron chi connectivity index (χ3n) is 2.55. The molecule has 0 heterocycles. The second kappa shape index (κ2) is 5.52. The van der Waals surface area contributed by atoms with Crippen LogP contribution in [0.3, 0.4) is 0 Å². The normalized spacial score (nSPS) is 12.4. The number of halogens is 3. The summed E-state index contributed by atoms with van der Waals surface area (Å²) in [6.07, 6.45) is 0.583. The van der Waals surface area contributed by atoms with Gasteiger partial charge in [-0.25, -0.2) is 4.39 Å². The highest BCUT2D eigenvalue weighted by molar-refractivity contribution is 6.30. The topological polar surface area (TPSA) is 0 Å². The summed E-state index contributed by atoms with van der Waals surface area (Å²) in [5.74, 6) is -0.315. The lowest BCUT2D eigenvalue weighted by Crippen LogP contribution is -1.99. The first-order valence-electron chi connectivity index (χ1n) is 5.30. The van der Waals surface area contributed by atoms with Gasteiger partial charge in [-0.05, 0) is 30.2 Å². The number of benzene rings is 2. The van der Waals surface area contributed by atoms with Crippen LogP contribution in [0.1, 0.15) is 16.5 Å². The molecule has 2 aromatic carbocycles. The molecule has 88 valence electrons. The Morgan fingerprint density at radius 3 is 2.47 bits per heavy atom. The van der Waals surface area contributed by atoms with Crippen LogP contribution in [0.15, 0.2) is 48.5 Å². The summed E-state index contributed by atoms with van der Waals surface area (Å²) < 4.78 is 13.6. The minimum atomic E-state index is -0.406. The molecule has 0 aliphatic carbocycles. The highest BCUT2D eigenvalue weighted by Gasteiger charge is 2.14. The van der Waals surface area contributed by atoms with E-state index in [0.29, 0.717) is 17.0 Å². The van der Waals surface area contributed by atoms with E-state index in [9.17, 15) is 4.39 Å². The van der Waals surface area contributed by atoms with Crippen molar-refractivity contribution >= 4 is 23.2 Å². The first-order valence-corrected chi connectivity index (χ1v) is 6.11. The van der Waals surface area contributed by atoms with Crippen LogP contribution in [-0.2, 0) is 6.42 Å². The van der Waals surface area contributed by atoms with E-state index in [1.54, 1.807) is 6.07 Å². The summed E-state index contributed by atoms with van der Waals surface area (Å²) in [5, 5.41) is 0.0937. The third-order valence-corrected chi connectivity index (χ3v) is 3.18. The van der Waals surface area contributed by atoms with Crippen LogP contribution >= 0.6 is 23.2 Å². The van der Waals surface area contributed by atoms with Crippen LogP contribution in [0.5, 0.6) is 0 Å². The van der Waals surface area contributed by atoms with Gasteiger partial charge in [0.1, 0.15) is 5.82 Å². The lowest BCUT2D eigenvalue weighted by molar-refractivity contribution is 0.606. The van der Waals surface area contributed by atoms with Crippen LogP contribution in [0.2, 0.25) is 5.02 Å². The maximum Gasteiger partial charge on any atom is 0.128 e. The lowest BCUT2D eigenvalue weighted by Gasteiger charge is -2.11. The predicted octanol–water partition coefficient (Wildman–Crippen LogP) is 5.00. The van der Waals surface area contributed by atoms with E-state index in [-0.39, 0.29) is 5.82 Å². The number of hydrogen-bond donors (Lipinski definition) is 0. The minimum Gasteiger partial charge on any atom is -0.207 e. The van der Waals surface area contributed by atoms with Crippen molar-refractivity contribution in [2.75, 3.05) is 0 Å². The SMILES string of the molecule is Fc1ccc(Cl)cc1C(Cl)Cc1ccccc1. The zero-order chi connectivity index (χ0) is 12.3. The Hall–Kier alpha value is -1.05. The molecule has 1 atom stereocenters. The molecule has 0 aliphatic heterocycles. The second-order valence-electron chi connectivity index (χ2n) is 3.82. The molecule has 0 aromatic heterocycles. The number of alkyl halides is 1. The molecule has 0 fully saturated rings. The Morgan fingerprint density at radius 1 is 1.06 bits per heavy atom. The summed E-state index contributed by atoms with van der Waals surface area (Å²) in [6, 6.07) is 14.2. The van der Waals surface area contributed by atoms with Gasteiger partial charge in [-0.1, -0.05) is 41.9 Å². The van der Waals surface area contributed by atoms with E-state index in [1.165, 1.54) is 12.1 Å². The standard InChI is InChI=1S/C14H11Cl2F/c15-11-6-7-14(17)12(9-11)13(16)8-10-4-2-1-3-5-10/h1-7,9,13H,8H2. The van der Waals surface area contributed by atoms with Gasteiger partial charge in [0.25, 0.3) is 0 Å². The molecule has 0 radical (unpaired) electrons. The van der Waals surface area contributed by atoms with E-state index in [2.05, 4.69) is 0 Å². The van der Waals surface area contributed by atoms with E-state index in [0.717, 1.165) is 5.56 Å². The van der Waals surface area contributed by atoms with E-state index in [1.807, 2.05) is 30.3 Å². The van der Waals surface area contributed by atoms with E-state index < -0.39 is 5.38 Å². The summed E-state index contributed by atoms with van der Waals surface area (Å²) in [4.78, 5) is 0. The van der Waals surface area contributed by atoms with Crippen molar-refractivity contribution < 1.29 is 4.39 Å². The van der Waals surface area contributed by atoms with Crippen molar-refractivity contribution in [1.82, 2.24) is 0 Å². The van der Waals surface area contributed by atoms with Crippen LogP contribution in [0.4, 0.5) is 4.39 Å². The highest BCUT2D eigenvalue weighted by Crippen LogP contribution is 2.29. The molecular formula is C14H11Cl2F. The molecule has 0 N–H and O–H groups in total. The van der Waals surface area contributed by atoms with Crippen molar-refractivity contribution in [3.05, 3.63) is 70.5 Å². The van der Waals surface area contributed by atoms with Gasteiger partial charge < -0.3 is 0 Å². The fraction of sp³-hybridized carbons (Fsp3) is 0.143. The van der Waals surface area contributed by atoms with Crippen LogP contribution < -0.4 is 0 Å². The van der Waals surface area contributed by atoms with Gasteiger partial charge in [0, 0.05) is 10.6 Å². The molecular weight excluding hydrogens is 258 g/mol. The molecule has 0 saturated heterocycles. The lowest BCUT2D eigenvalue weighted by atomic mass is 10.0.